The molecule has 0 aliphatic rings. The number of benzene rings is 2. The van der Waals surface area contributed by atoms with Gasteiger partial charge >= 0.3 is 12.0 Å². The van der Waals surface area contributed by atoms with Gasteiger partial charge in [-0.05, 0) is 19.1 Å². The van der Waals surface area contributed by atoms with Crippen molar-refractivity contribution in [3.63, 3.8) is 0 Å². The van der Waals surface area contributed by atoms with Crippen LogP contribution in [0.15, 0.2) is 54.6 Å². The highest BCUT2D eigenvalue weighted by Gasteiger charge is 2.28. The van der Waals surface area contributed by atoms with E-state index >= 15 is 0 Å². The van der Waals surface area contributed by atoms with Gasteiger partial charge in [0, 0.05) is 12.1 Å². The number of nitrogens with one attached hydrogen (secondary N) is 3. The average molecular weight is 419 g/mol. The van der Waals surface area contributed by atoms with Crippen molar-refractivity contribution in [2.24, 2.45) is 0 Å². The van der Waals surface area contributed by atoms with Gasteiger partial charge in [0.15, 0.2) is 0 Å². The third-order valence-corrected chi connectivity index (χ3v) is 4.17. The minimum absolute atomic E-state index is 0.0101. The molecule has 0 spiro atoms. The molecule has 29 heavy (non-hydrogen) atoms. The minimum atomic E-state index is -3.64. The molecule has 1 atom stereocenters. The second-order valence-corrected chi connectivity index (χ2v) is 7.71. The quantitative estimate of drug-likeness (QED) is 0.587. The monoisotopic (exact) mass is 419 g/mol. The van der Waals surface area contributed by atoms with Gasteiger partial charge in [-0.15, -0.1) is 0 Å². The van der Waals surface area contributed by atoms with Crippen LogP contribution in [0.1, 0.15) is 28.9 Å². The summed E-state index contributed by atoms with van der Waals surface area (Å²) in [5.74, 6) is -1.78. The lowest BCUT2D eigenvalue weighted by Gasteiger charge is -2.18. The predicted molar refractivity (Wildman–Crippen MR) is 107 cm³/mol. The van der Waals surface area contributed by atoms with Crippen LogP contribution < -0.4 is 15.4 Å². The number of carbonyl (C=O) groups is 3. The molecule has 2 aromatic carbocycles. The standard InChI is InChI=1S/C19H21N3O6S/c1-3-20-19(25)21-17(23)16(13-9-5-4-6-10-13)28-18(24)14-11-7-8-12-15(14)22-29(2,26)27/h4-12,16,22H,3H2,1-2H3,(H2,20,21,23,25). The van der Waals surface area contributed by atoms with Gasteiger partial charge in [-0.3, -0.25) is 14.8 Å². The molecule has 3 N–H and O–H groups in total. The van der Waals surface area contributed by atoms with Crippen LogP contribution in [-0.4, -0.2) is 39.1 Å². The Hall–Kier alpha value is -3.40. The van der Waals surface area contributed by atoms with Crippen LogP contribution in [0.3, 0.4) is 0 Å². The third kappa shape index (κ3) is 6.61. The van der Waals surface area contributed by atoms with E-state index in [9.17, 15) is 22.8 Å². The first kappa shape index (κ1) is 21.9. The molecule has 0 saturated heterocycles. The molecule has 0 heterocycles. The summed E-state index contributed by atoms with van der Waals surface area (Å²) in [6, 6.07) is 13.2. The van der Waals surface area contributed by atoms with Crippen molar-refractivity contribution in [2.45, 2.75) is 13.0 Å². The van der Waals surface area contributed by atoms with Gasteiger partial charge in [-0.2, -0.15) is 0 Å². The molecule has 3 amide bonds. The number of carbonyl (C=O) groups excluding carboxylic acids is 3. The van der Waals surface area contributed by atoms with Crippen LogP contribution in [0.5, 0.6) is 0 Å². The molecule has 0 radical (unpaired) electrons. The zero-order chi connectivity index (χ0) is 21.4. The van der Waals surface area contributed by atoms with E-state index in [4.69, 9.17) is 4.74 Å². The third-order valence-electron chi connectivity index (χ3n) is 3.58. The maximum absolute atomic E-state index is 12.7. The molecule has 9 nitrogen and oxygen atoms in total. The van der Waals surface area contributed by atoms with E-state index < -0.39 is 34.0 Å². The fourth-order valence-electron chi connectivity index (χ4n) is 2.40. The molecular weight excluding hydrogens is 398 g/mol. The van der Waals surface area contributed by atoms with Crippen LogP contribution in [-0.2, 0) is 19.6 Å². The zero-order valence-corrected chi connectivity index (χ0v) is 16.7. The maximum atomic E-state index is 12.7. The first-order valence-electron chi connectivity index (χ1n) is 8.62. The van der Waals surface area contributed by atoms with Crippen molar-refractivity contribution in [3.05, 3.63) is 65.7 Å². The Kier molecular flexibility index (Phi) is 7.32. The number of esters is 1. The normalized spacial score (nSPS) is 11.8. The van der Waals surface area contributed by atoms with Gasteiger partial charge in [-0.25, -0.2) is 18.0 Å². The van der Waals surface area contributed by atoms with Crippen molar-refractivity contribution < 1.29 is 27.5 Å². The lowest BCUT2D eigenvalue weighted by molar-refractivity contribution is -0.129. The highest BCUT2D eigenvalue weighted by atomic mass is 32.2. The summed E-state index contributed by atoms with van der Waals surface area (Å²) < 4.78 is 30.7. The number of ether oxygens (including phenoxy) is 1. The Balaban J connectivity index is 2.31. The van der Waals surface area contributed by atoms with E-state index in [1.807, 2.05) is 0 Å². The first-order valence-corrected chi connectivity index (χ1v) is 10.5. The summed E-state index contributed by atoms with van der Waals surface area (Å²) in [7, 11) is -3.64. The van der Waals surface area contributed by atoms with E-state index in [-0.39, 0.29) is 11.3 Å². The van der Waals surface area contributed by atoms with Crippen molar-refractivity contribution >= 4 is 33.6 Å². The summed E-state index contributed by atoms with van der Waals surface area (Å²) in [5, 5.41) is 4.53. The van der Waals surface area contributed by atoms with Gasteiger partial charge in [0.05, 0.1) is 17.5 Å². The largest absolute Gasteiger partial charge is 0.444 e. The van der Waals surface area contributed by atoms with Crippen LogP contribution in [0, 0.1) is 0 Å². The van der Waals surface area contributed by atoms with Crippen molar-refractivity contribution in [1.29, 1.82) is 0 Å². The Morgan fingerprint density at radius 3 is 2.24 bits per heavy atom. The first-order chi connectivity index (χ1) is 13.7. The Morgan fingerprint density at radius 1 is 1.00 bits per heavy atom. The fraction of sp³-hybridized carbons (Fsp3) is 0.211. The van der Waals surface area contributed by atoms with Crippen LogP contribution in [0.2, 0.25) is 0 Å². The van der Waals surface area contributed by atoms with Gasteiger partial charge in [0.1, 0.15) is 0 Å². The lowest BCUT2D eigenvalue weighted by atomic mass is 10.1. The molecular formula is C19H21N3O6S. The van der Waals surface area contributed by atoms with Crippen LogP contribution in [0.4, 0.5) is 10.5 Å². The molecule has 0 aliphatic heterocycles. The predicted octanol–water partition coefficient (Wildman–Crippen LogP) is 1.80. The summed E-state index contributed by atoms with van der Waals surface area (Å²) in [4.78, 5) is 37.0. The maximum Gasteiger partial charge on any atom is 0.341 e. The molecule has 0 fully saturated rings. The average Bonchev–Trinajstić information content (AvgIpc) is 2.65. The number of sulfonamides is 1. The van der Waals surface area contributed by atoms with Crippen molar-refractivity contribution in [1.82, 2.24) is 10.6 Å². The van der Waals surface area contributed by atoms with E-state index in [1.54, 1.807) is 43.3 Å². The SMILES string of the molecule is CCNC(=O)NC(=O)C(OC(=O)c1ccccc1NS(C)(=O)=O)c1ccccc1. The van der Waals surface area contributed by atoms with E-state index in [0.29, 0.717) is 12.1 Å². The highest BCUT2D eigenvalue weighted by molar-refractivity contribution is 7.92. The molecule has 0 aromatic heterocycles. The molecule has 0 aliphatic carbocycles. The number of hydrogen-bond donors (Lipinski definition) is 3. The number of imide groups is 1. The van der Waals surface area contributed by atoms with E-state index in [2.05, 4.69) is 15.4 Å². The summed E-state index contributed by atoms with van der Waals surface area (Å²) in [6.45, 7) is 1.99. The van der Waals surface area contributed by atoms with Gasteiger partial charge in [0.2, 0.25) is 16.1 Å². The molecule has 0 bridgehead atoms. The van der Waals surface area contributed by atoms with E-state index in [0.717, 1.165) is 6.26 Å². The van der Waals surface area contributed by atoms with Gasteiger partial charge in [0.25, 0.3) is 5.91 Å². The summed E-state index contributed by atoms with van der Waals surface area (Å²) >= 11 is 0. The van der Waals surface area contributed by atoms with Gasteiger partial charge in [-0.1, -0.05) is 42.5 Å². The molecule has 154 valence electrons. The number of amides is 3. The molecule has 1 unspecified atom stereocenters. The topological polar surface area (TPSA) is 131 Å². The molecule has 10 heteroatoms. The number of rotatable bonds is 7. The lowest BCUT2D eigenvalue weighted by Crippen LogP contribution is -2.42. The molecule has 2 aromatic rings. The van der Waals surface area contributed by atoms with Gasteiger partial charge < -0.3 is 10.1 Å². The highest BCUT2D eigenvalue weighted by Crippen LogP contribution is 2.23. The smallest absolute Gasteiger partial charge is 0.341 e. The molecule has 0 saturated carbocycles. The fourth-order valence-corrected chi connectivity index (χ4v) is 2.98. The number of hydrogen-bond acceptors (Lipinski definition) is 6. The van der Waals surface area contributed by atoms with Crippen molar-refractivity contribution in [3.8, 4) is 0 Å². The number of urea groups is 1. The zero-order valence-electron chi connectivity index (χ0n) is 15.8. The van der Waals surface area contributed by atoms with Crippen molar-refractivity contribution in [2.75, 3.05) is 17.5 Å². The van der Waals surface area contributed by atoms with Crippen LogP contribution in [0.25, 0.3) is 0 Å². The number of para-hydroxylation sites is 1. The summed E-state index contributed by atoms with van der Waals surface area (Å²) in [5.41, 5.74) is 0.275. The minimum Gasteiger partial charge on any atom is -0.444 e. The van der Waals surface area contributed by atoms with E-state index in [1.165, 1.54) is 18.2 Å². The summed E-state index contributed by atoms with van der Waals surface area (Å²) in [6.07, 6.45) is -0.473. The Labute approximate surface area is 168 Å². The second-order valence-electron chi connectivity index (χ2n) is 5.96. The van der Waals surface area contributed by atoms with Crippen LogP contribution >= 0.6 is 0 Å². The molecule has 2 rings (SSSR count). The second kappa shape index (κ2) is 9.69. The number of anilines is 1. The Bertz CT molecular complexity index is 992. The Morgan fingerprint density at radius 2 is 1.62 bits per heavy atom.